The molecule has 2 aromatic carbocycles. The molecule has 1 saturated heterocycles. The number of alkyl halides is 9. The number of rotatable bonds is 8. The number of hydrogen-bond acceptors (Lipinski definition) is 8. The quantitative estimate of drug-likeness (QED) is 0.222. The van der Waals surface area contributed by atoms with Crippen LogP contribution in [-0.4, -0.2) is 65.7 Å². The molecule has 1 aromatic heterocycles. The Labute approximate surface area is 303 Å². The zero-order valence-electron chi connectivity index (χ0n) is 29.1. The van der Waals surface area contributed by atoms with Gasteiger partial charge in [0.2, 0.25) is 0 Å². The number of morpholine rings is 1. The topological polar surface area (TPSA) is 131 Å². The third kappa shape index (κ3) is 8.51. The lowest BCUT2D eigenvalue weighted by Gasteiger charge is -2.47. The average molecular weight is 778 g/mol. The van der Waals surface area contributed by atoms with Crippen molar-refractivity contribution in [2.45, 2.75) is 70.1 Å². The monoisotopic (exact) mass is 777 g/mol. The first-order valence-corrected chi connectivity index (χ1v) is 16.6. The van der Waals surface area contributed by atoms with Gasteiger partial charge in [-0.1, -0.05) is 6.92 Å². The fourth-order valence-corrected chi connectivity index (χ4v) is 6.30. The van der Waals surface area contributed by atoms with Crippen LogP contribution in [-0.2, 0) is 39.2 Å². The standard InChI is InChI=1S/C35H36F9N5O5/c1-4-32(45)16-24(23-15-20(33(36,37)38)5-6-26(23)49(32)30(52)54-18-31(2,3)29(50)51)28-46-17-27(48-7-9-53-10-8-48)25(47-28)13-19-11-21(34(39,40)41)14-22(12-19)35(42,43)44/h5-6,11-12,14-15,17,24H,4,7-10,13,16,18,45H2,1-3H3,(H,50,51)/t24-,32+/m0/s1. The van der Waals surface area contributed by atoms with E-state index in [2.05, 4.69) is 9.97 Å². The summed E-state index contributed by atoms with van der Waals surface area (Å²) in [6.07, 6.45) is -15.8. The van der Waals surface area contributed by atoms with Crippen LogP contribution in [0.5, 0.6) is 0 Å². The second-order valence-corrected chi connectivity index (χ2v) is 13.8. The van der Waals surface area contributed by atoms with Crippen LogP contribution in [0.15, 0.2) is 42.6 Å². The molecule has 0 unspecified atom stereocenters. The van der Waals surface area contributed by atoms with Gasteiger partial charge in [0.15, 0.2) is 0 Å². The number of halogens is 9. The number of aliphatic carboxylic acids is 1. The lowest BCUT2D eigenvalue weighted by molar-refractivity contribution is -0.149. The Hall–Kier alpha value is -4.65. The Morgan fingerprint density at radius 1 is 0.926 bits per heavy atom. The average Bonchev–Trinajstić information content (AvgIpc) is 3.09. The van der Waals surface area contributed by atoms with E-state index < -0.39 is 77.3 Å². The molecule has 0 radical (unpaired) electrons. The van der Waals surface area contributed by atoms with Crippen molar-refractivity contribution < 1.29 is 63.7 Å². The summed E-state index contributed by atoms with van der Waals surface area (Å²) < 4.78 is 136. The van der Waals surface area contributed by atoms with Gasteiger partial charge in [-0.2, -0.15) is 39.5 Å². The number of benzene rings is 2. The fraction of sp³-hybridized carbons (Fsp3) is 0.486. The van der Waals surface area contributed by atoms with Crippen LogP contribution >= 0.6 is 0 Å². The summed E-state index contributed by atoms with van der Waals surface area (Å²) in [5.41, 5.74) is -1.01. The highest BCUT2D eigenvalue weighted by atomic mass is 19.4. The van der Waals surface area contributed by atoms with E-state index in [0.717, 1.165) is 23.1 Å². The number of fused-ring (bicyclic) bond motifs is 1. The van der Waals surface area contributed by atoms with Crippen molar-refractivity contribution in [3.63, 3.8) is 0 Å². The fourth-order valence-electron chi connectivity index (χ4n) is 6.30. The van der Waals surface area contributed by atoms with Crippen molar-refractivity contribution in [3.05, 3.63) is 81.9 Å². The van der Waals surface area contributed by atoms with Crippen LogP contribution in [0, 0.1) is 5.41 Å². The van der Waals surface area contributed by atoms with Crippen LogP contribution in [0.3, 0.4) is 0 Å². The van der Waals surface area contributed by atoms with E-state index in [1.165, 1.54) is 20.0 Å². The molecule has 0 aliphatic carbocycles. The molecule has 3 N–H and O–H groups in total. The predicted molar refractivity (Wildman–Crippen MR) is 175 cm³/mol. The number of anilines is 2. The van der Waals surface area contributed by atoms with Crippen LogP contribution in [0.4, 0.5) is 55.7 Å². The molecule has 2 atom stereocenters. The molecule has 1 amide bonds. The summed E-state index contributed by atoms with van der Waals surface area (Å²) in [6, 6.07) is 3.65. The SMILES string of the molecule is CC[C@]1(N)C[C@H](c2ncc(N3CCOCC3)c(Cc3cc(C(F)(F)F)cc(C(F)(F)F)c3)n2)c2cc(C(F)(F)F)ccc2N1C(=O)OCC(C)(C)C(=O)O. The Morgan fingerprint density at radius 2 is 1.52 bits per heavy atom. The van der Waals surface area contributed by atoms with Crippen LogP contribution in [0.25, 0.3) is 0 Å². The lowest BCUT2D eigenvalue weighted by atomic mass is 9.80. The van der Waals surface area contributed by atoms with Crippen molar-refractivity contribution in [2.24, 2.45) is 11.1 Å². The first kappa shape index (κ1) is 40.5. The van der Waals surface area contributed by atoms with Gasteiger partial charge in [0.1, 0.15) is 18.1 Å². The van der Waals surface area contributed by atoms with Gasteiger partial charge in [-0.15, -0.1) is 0 Å². The molecular weight excluding hydrogens is 741 g/mol. The number of ether oxygens (including phenoxy) is 2. The summed E-state index contributed by atoms with van der Waals surface area (Å²) in [6.45, 7) is 4.59. The number of carboxylic acid groups (broad SMARTS) is 1. The van der Waals surface area contributed by atoms with Gasteiger partial charge in [-0.3, -0.25) is 9.69 Å². The highest BCUT2D eigenvalue weighted by Gasteiger charge is 2.48. The molecule has 3 aromatic rings. The van der Waals surface area contributed by atoms with Gasteiger partial charge in [-0.05, 0) is 74.2 Å². The van der Waals surface area contributed by atoms with Crippen molar-refractivity contribution in [2.75, 3.05) is 42.7 Å². The summed E-state index contributed by atoms with van der Waals surface area (Å²) in [7, 11) is 0. The highest BCUT2D eigenvalue weighted by molar-refractivity contribution is 5.92. The number of carbonyl (C=O) groups is 2. The number of nitrogens with two attached hydrogens (primary N) is 1. The Morgan fingerprint density at radius 3 is 2.06 bits per heavy atom. The maximum Gasteiger partial charge on any atom is 0.416 e. The molecule has 294 valence electrons. The minimum atomic E-state index is -5.12. The second kappa shape index (κ2) is 14.5. The predicted octanol–water partition coefficient (Wildman–Crippen LogP) is 7.61. The van der Waals surface area contributed by atoms with Gasteiger partial charge < -0.3 is 25.2 Å². The minimum absolute atomic E-state index is 0.0000150. The molecule has 0 saturated carbocycles. The maximum atomic E-state index is 14.1. The molecule has 2 aliphatic rings. The number of aromatic nitrogens is 2. The van der Waals surface area contributed by atoms with E-state index in [1.807, 2.05) is 0 Å². The van der Waals surface area contributed by atoms with Crippen molar-refractivity contribution in [1.29, 1.82) is 0 Å². The van der Waals surface area contributed by atoms with Crippen LogP contribution in [0.1, 0.15) is 78.9 Å². The number of nitrogens with zero attached hydrogens (tertiary/aromatic N) is 4. The van der Waals surface area contributed by atoms with E-state index in [9.17, 15) is 54.2 Å². The molecular formula is C35H36F9N5O5. The first-order valence-electron chi connectivity index (χ1n) is 16.6. The van der Waals surface area contributed by atoms with E-state index in [1.54, 1.807) is 11.8 Å². The van der Waals surface area contributed by atoms with E-state index in [0.29, 0.717) is 12.1 Å². The highest BCUT2D eigenvalue weighted by Crippen LogP contribution is 2.48. The summed E-state index contributed by atoms with van der Waals surface area (Å²) >= 11 is 0. The van der Waals surface area contributed by atoms with Gasteiger partial charge in [0, 0.05) is 25.4 Å². The summed E-state index contributed by atoms with van der Waals surface area (Å²) in [4.78, 5) is 37.0. The molecule has 3 heterocycles. The minimum Gasteiger partial charge on any atom is -0.481 e. The lowest BCUT2D eigenvalue weighted by Crippen LogP contribution is -2.62. The number of carbonyl (C=O) groups excluding carboxylic acids is 1. The zero-order chi connectivity index (χ0) is 40.0. The number of amides is 1. The second-order valence-electron chi connectivity index (χ2n) is 13.8. The van der Waals surface area contributed by atoms with E-state index in [-0.39, 0.29) is 79.2 Å². The zero-order valence-corrected chi connectivity index (χ0v) is 29.1. The Balaban J connectivity index is 1.67. The smallest absolute Gasteiger partial charge is 0.416 e. The Kier molecular flexibility index (Phi) is 10.9. The maximum absolute atomic E-state index is 14.1. The largest absolute Gasteiger partial charge is 0.481 e. The molecule has 10 nitrogen and oxygen atoms in total. The van der Waals surface area contributed by atoms with Crippen molar-refractivity contribution in [1.82, 2.24) is 9.97 Å². The van der Waals surface area contributed by atoms with Gasteiger partial charge in [0.25, 0.3) is 0 Å². The van der Waals surface area contributed by atoms with Gasteiger partial charge in [-0.25, -0.2) is 14.8 Å². The van der Waals surface area contributed by atoms with Crippen LogP contribution in [0.2, 0.25) is 0 Å². The van der Waals surface area contributed by atoms with Gasteiger partial charge >= 0.3 is 30.6 Å². The van der Waals surface area contributed by atoms with E-state index in [4.69, 9.17) is 15.2 Å². The summed E-state index contributed by atoms with van der Waals surface area (Å²) in [5, 5.41) is 9.50. The third-order valence-electron chi connectivity index (χ3n) is 9.45. The molecule has 1 fully saturated rings. The van der Waals surface area contributed by atoms with E-state index >= 15 is 0 Å². The van der Waals surface area contributed by atoms with Gasteiger partial charge in [0.05, 0.1) is 58.6 Å². The van der Waals surface area contributed by atoms with Crippen molar-refractivity contribution >= 4 is 23.4 Å². The summed E-state index contributed by atoms with van der Waals surface area (Å²) in [5.74, 6) is -2.63. The molecule has 5 rings (SSSR count). The first-order chi connectivity index (χ1) is 24.9. The third-order valence-corrected chi connectivity index (χ3v) is 9.45. The Bertz CT molecular complexity index is 1860. The molecule has 2 aliphatic heterocycles. The normalized spacial score (nSPS) is 19.8. The molecule has 54 heavy (non-hydrogen) atoms. The molecule has 19 heteroatoms. The van der Waals surface area contributed by atoms with Crippen LogP contribution < -0.4 is 15.5 Å². The molecule has 0 spiro atoms. The number of carboxylic acids is 1. The van der Waals surface area contributed by atoms with Crippen molar-refractivity contribution in [3.8, 4) is 0 Å². The number of hydrogen-bond donors (Lipinski definition) is 2. The molecule has 0 bridgehead atoms.